The van der Waals surface area contributed by atoms with E-state index in [1.54, 1.807) is 31.6 Å². The molecule has 1 atom stereocenters. The number of ether oxygens (including phenoxy) is 1. The maximum absolute atomic E-state index is 13.3. The van der Waals surface area contributed by atoms with Crippen molar-refractivity contribution in [2.24, 2.45) is 0 Å². The second-order valence-corrected chi connectivity index (χ2v) is 10.5. The highest BCUT2D eigenvalue weighted by Crippen LogP contribution is 2.31. The summed E-state index contributed by atoms with van der Waals surface area (Å²) in [6.45, 7) is 0.466. The molecule has 0 aliphatic carbocycles. The molecule has 0 bridgehead atoms. The van der Waals surface area contributed by atoms with Gasteiger partial charge in [0.25, 0.3) is 0 Å². The molecule has 1 N–H and O–H groups in total. The van der Waals surface area contributed by atoms with Gasteiger partial charge in [0.05, 0.1) is 17.7 Å². The van der Waals surface area contributed by atoms with Gasteiger partial charge in [0.15, 0.2) is 15.6 Å². The minimum atomic E-state index is -3.35. The number of carbonyl (C=O) groups is 1. The Morgan fingerprint density at radius 2 is 1.71 bits per heavy atom. The number of rotatable bonds is 5. The van der Waals surface area contributed by atoms with E-state index >= 15 is 0 Å². The van der Waals surface area contributed by atoms with Gasteiger partial charge in [-0.15, -0.1) is 0 Å². The third-order valence-corrected chi connectivity index (χ3v) is 7.43. The van der Waals surface area contributed by atoms with Crippen molar-refractivity contribution in [2.45, 2.75) is 23.9 Å². The summed E-state index contributed by atoms with van der Waals surface area (Å²) in [5, 5.41) is 3.45. The summed E-state index contributed by atoms with van der Waals surface area (Å²) in [6.07, 6.45) is 3.18. The number of hydrogen-bond donors (Lipinski definition) is 1. The molecule has 7 nitrogen and oxygen atoms in total. The van der Waals surface area contributed by atoms with Crippen LogP contribution in [0.25, 0.3) is 16.8 Å². The first-order valence-electron chi connectivity index (χ1n) is 11.2. The van der Waals surface area contributed by atoms with Gasteiger partial charge in [0, 0.05) is 36.5 Å². The summed E-state index contributed by atoms with van der Waals surface area (Å²) in [5.74, 6) is 0.755. The molecule has 0 spiro atoms. The average molecular weight is 488 g/mol. The minimum Gasteiger partial charge on any atom is -0.497 e. The molecule has 0 radical (unpaired) electrons. The van der Waals surface area contributed by atoms with E-state index < -0.39 is 9.84 Å². The molecule has 0 saturated carbocycles. The molecule has 0 amide bonds. The van der Waals surface area contributed by atoms with Crippen molar-refractivity contribution in [1.29, 1.82) is 0 Å². The SMILES string of the molecule is COc1ccc(-n2cnc3c2C(=O)CC(c2ccc(-c4ccccc4S(C)(=O)=O)cc2)NC3)cc1. The normalized spacial score (nSPS) is 15.9. The average Bonchev–Trinajstić information content (AvgIpc) is 3.23. The lowest BCUT2D eigenvalue weighted by Gasteiger charge is -2.17. The molecule has 8 heteroatoms. The third-order valence-electron chi connectivity index (χ3n) is 6.27. The molecule has 2 heterocycles. The van der Waals surface area contributed by atoms with Gasteiger partial charge in [0.2, 0.25) is 0 Å². The number of ketones is 1. The van der Waals surface area contributed by atoms with Gasteiger partial charge in [-0.05, 0) is 41.5 Å². The Morgan fingerprint density at radius 3 is 2.40 bits per heavy atom. The number of fused-ring (bicyclic) bond motifs is 1. The van der Waals surface area contributed by atoms with Crippen LogP contribution < -0.4 is 10.1 Å². The van der Waals surface area contributed by atoms with Crippen LogP contribution in [0.3, 0.4) is 0 Å². The maximum atomic E-state index is 13.3. The number of benzene rings is 3. The zero-order valence-corrected chi connectivity index (χ0v) is 20.2. The summed E-state index contributed by atoms with van der Waals surface area (Å²) in [5.41, 5.74) is 4.58. The van der Waals surface area contributed by atoms with E-state index in [2.05, 4.69) is 10.3 Å². The largest absolute Gasteiger partial charge is 0.497 e. The number of hydrogen-bond acceptors (Lipinski definition) is 6. The fourth-order valence-electron chi connectivity index (χ4n) is 4.48. The summed E-state index contributed by atoms with van der Waals surface area (Å²) in [4.78, 5) is 18.1. The molecule has 1 aromatic heterocycles. The van der Waals surface area contributed by atoms with E-state index in [0.717, 1.165) is 22.6 Å². The first-order chi connectivity index (χ1) is 16.8. The van der Waals surface area contributed by atoms with Gasteiger partial charge in [0.1, 0.15) is 17.8 Å². The summed E-state index contributed by atoms with van der Waals surface area (Å²) >= 11 is 0. The fraction of sp³-hybridized carbons (Fsp3) is 0.185. The van der Waals surface area contributed by atoms with Crippen molar-refractivity contribution >= 4 is 15.6 Å². The Bertz CT molecular complexity index is 1490. The summed E-state index contributed by atoms with van der Waals surface area (Å²) in [6, 6.07) is 22.0. The van der Waals surface area contributed by atoms with Crippen molar-refractivity contribution in [2.75, 3.05) is 13.4 Å². The number of methoxy groups -OCH3 is 1. The van der Waals surface area contributed by atoms with Gasteiger partial charge >= 0.3 is 0 Å². The minimum absolute atomic E-state index is 0.00909. The molecule has 5 rings (SSSR count). The molecule has 35 heavy (non-hydrogen) atoms. The van der Waals surface area contributed by atoms with E-state index in [4.69, 9.17) is 4.74 Å². The van der Waals surface area contributed by atoms with Gasteiger partial charge in [-0.25, -0.2) is 13.4 Å². The van der Waals surface area contributed by atoms with Gasteiger partial charge in [-0.1, -0.05) is 42.5 Å². The molecular formula is C27H25N3O4S. The second kappa shape index (κ2) is 9.13. The highest BCUT2D eigenvalue weighted by molar-refractivity contribution is 7.90. The zero-order chi connectivity index (χ0) is 24.6. The molecule has 178 valence electrons. The van der Waals surface area contributed by atoms with Crippen LogP contribution in [0.1, 0.15) is 34.2 Å². The molecule has 0 fully saturated rings. The number of sulfone groups is 1. The van der Waals surface area contributed by atoms with Crippen LogP contribution in [-0.4, -0.2) is 37.1 Å². The Morgan fingerprint density at radius 1 is 1.00 bits per heavy atom. The number of carbonyl (C=O) groups excluding carboxylic acids is 1. The van der Waals surface area contributed by atoms with Crippen LogP contribution in [-0.2, 0) is 16.4 Å². The van der Waals surface area contributed by atoms with Crippen LogP contribution >= 0.6 is 0 Å². The van der Waals surface area contributed by atoms with E-state index in [-0.39, 0.29) is 18.2 Å². The monoisotopic (exact) mass is 487 g/mol. The number of aromatic nitrogens is 2. The topological polar surface area (TPSA) is 90.3 Å². The van der Waals surface area contributed by atoms with Crippen LogP contribution in [0.2, 0.25) is 0 Å². The first kappa shape index (κ1) is 23.0. The standard InChI is InChI=1S/C27H25N3O4S/c1-34-21-13-11-20(12-14-21)30-17-29-24-16-28-23(15-25(31)27(24)30)19-9-7-18(8-10-19)22-5-3-4-6-26(22)35(2,32)33/h3-14,17,23,28H,15-16H2,1-2H3. The highest BCUT2D eigenvalue weighted by atomic mass is 32.2. The number of imidazole rings is 1. The van der Waals surface area contributed by atoms with Crippen LogP contribution in [0, 0.1) is 0 Å². The molecule has 0 saturated heterocycles. The zero-order valence-electron chi connectivity index (χ0n) is 19.4. The number of nitrogens with zero attached hydrogens (tertiary/aromatic N) is 2. The summed E-state index contributed by atoms with van der Waals surface area (Å²) < 4.78 is 31.5. The van der Waals surface area contributed by atoms with Crippen LogP contribution in [0.5, 0.6) is 5.75 Å². The first-order valence-corrected chi connectivity index (χ1v) is 13.1. The summed E-state index contributed by atoms with van der Waals surface area (Å²) in [7, 11) is -1.74. The van der Waals surface area contributed by atoms with Gasteiger partial charge in [-0.2, -0.15) is 0 Å². The van der Waals surface area contributed by atoms with E-state index in [1.807, 2.05) is 59.2 Å². The lowest BCUT2D eigenvalue weighted by Crippen LogP contribution is -2.20. The maximum Gasteiger partial charge on any atom is 0.183 e. The Kier molecular flexibility index (Phi) is 6.00. The quantitative estimate of drug-likeness (QED) is 0.450. The second-order valence-electron chi connectivity index (χ2n) is 8.56. The Balaban J connectivity index is 1.40. The van der Waals surface area contributed by atoms with Crippen molar-refractivity contribution < 1.29 is 17.9 Å². The van der Waals surface area contributed by atoms with E-state index in [1.165, 1.54) is 6.26 Å². The number of nitrogens with one attached hydrogen (secondary N) is 1. The third kappa shape index (κ3) is 4.50. The van der Waals surface area contributed by atoms with Crippen molar-refractivity contribution in [3.05, 3.63) is 96.1 Å². The Labute approximate surface area is 204 Å². The van der Waals surface area contributed by atoms with E-state index in [0.29, 0.717) is 28.4 Å². The molecule has 4 aromatic rings. The van der Waals surface area contributed by atoms with Gasteiger partial charge < -0.3 is 10.1 Å². The molecule has 1 aliphatic rings. The predicted molar refractivity (Wildman–Crippen MR) is 134 cm³/mol. The highest BCUT2D eigenvalue weighted by Gasteiger charge is 2.28. The predicted octanol–water partition coefficient (Wildman–Crippen LogP) is 4.37. The van der Waals surface area contributed by atoms with Crippen molar-refractivity contribution in [1.82, 2.24) is 14.9 Å². The molecular weight excluding hydrogens is 462 g/mol. The van der Waals surface area contributed by atoms with Crippen molar-refractivity contribution in [3.63, 3.8) is 0 Å². The molecule has 3 aromatic carbocycles. The lowest BCUT2D eigenvalue weighted by molar-refractivity contribution is 0.0966. The smallest absolute Gasteiger partial charge is 0.183 e. The molecule has 1 aliphatic heterocycles. The lowest BCUT2D eigenvalue weighted by atomic mass is 9.97. The molecule has 1 unspecified atom stereocenters. The van der Waals surface area contributed by atoms with Crippen molar-refractivity contribution in [3.8, 4) is 22.6 Å². The van der Waals surface area contributed by atoms with Crippen LogP contribution in [0.15, 0.2) is 84.0 Å². The van der Waals surface area contributed by atoms with E-state index in [9.17, 15) is 13.2 Å². The van der Waals surface area contributed by atoms with Crippen LogP contribution in [0.4, 0.5) is 0 Å². The number of Topliss-reactive ketones (excluding diaryl/α,β-unsaturated/α-hetero) is 1. The Hall–Kier alpha value is -3.75. The fourth-order valence-corrected chi connectivity index (χ4v) is 5.39. The van der Waals surface area contributed by atoms with Gasteiger partial charge in [-0.3, -0.25) is 9.36 Å².